The van der Waals surface area contributed by atoms with E-state index in [0.717, 1.165) is 36.9 Å². The molecule has 3 aliphatic rings. The van der Waals surface area contributed by atoms with Gasteiger partial charge in [-0.25, -0.2) is 0 Å². The van der Waals surface area contributed by atoms with E-state index in [-0.39, 0.29) is 0 Å². The summed E-state index contributed by atoms with van der Waals surface area (Å²) in [5.74, 6) is 2.70. The molecule has 4 atom stereocenters. The highest BCUT2D eigenvalue weighted by atomic mass is 16.5. The van der Waals surface area contributed by atoms with Crippen LogP contribution in [0.2, 0.25) is 0 Å². The topological polar surface area (TPSA) is 21.3 Å². The Morgan fingerprint density at radius 2 is 2.05 bits per heavy atom. The summed E-state index contributed by atoms with van der Waals surface area (Å²) in [7, 11) is 0. The number of rotatable bonds is 4. The molecular formula is C17H31NO. The minimum Gasteiger partial charge on any atom is -0.375 e. The third kappa shape index (κ3) is 2.71. The maximum atomic E-state index is 6.12. The molecule has 0 aromatic heterocycles. The van der Waals surface area contributed by atoms with Crippen molar-refractivity contribution in [2.24, 2.45) is 17.8 Å². The molecule has 0 aromatic rings. The van der Waals surface area contributed by atoms with Gasteiger partial charge in [-0.3, -0.25) is 0 Å². The van der Waals surface area contributed by atoms with Crippen molar-refractivity contribution in [2.75, 3.05) is 13.2 Å². The molecule has 0 aromatic carbocycles. The van der Waals surface area contributed by atoms with Crippen LogP contribution in [-0.4, -0.2) is 24.8 Å². The average Bonchev–Trinajstić information content (AvgIpc) is 2.80. The van der Waals surface area contributed by atoms with E-state index in [4.69, 9.17) is 4.74 Å². The lowest BCUT2D eigenvalue weighted by atomic mass is 9.68. The highest BCUT2D eigenvalue weighted by molar-refractivity contribution is 4.99. The Morgan fingerprint density at radius 1 is 1.21 bits per heavy atom. The molecule has 1 saturated heterocycles. The van der Waals surface area contributed by atoms with Gasteiger partial charge < -0.3 is 10.1 Å². The molecule has 1 heterocycles. The summed E-state index contributed by atoms with van der Waals surface area (Å²) in [6.07, 6.45) is 11.0. The van der Waals surface area contributed by atoms with Gasteiger partial charge in [0.05, 0.1) is 5.60 Å². The first-order valence-electron chi connectivity index (χ1n) is 8.61. The highest BCUT2D eigenvalue weighted by Crippen LogP contribution is 2.47. The minimum absolute atomic E-state index is 0.304. The monoisotopic (exact) mass is 265 g/mol. The van der Waals surface area contributed by atoms with E-state index in [9.17, 15) is 0 Å². The van der Waals surface area contributed by atoms with Gasteiger partial charge in [0, 0.05) is 12.6 Å². The van der Waals surface area contributed by atoms with Gasteiger partial charge in [0.15, 0.2) is 0 Å². The van der Waals surface area contributed by atoms with Crippen molar-refractivity contribution < 1.29 is 4.74 Å². The lowest BCUT2D eigenvalue weighted by molar-refractivity contribution is -0.149. The Hall–Kier alpha value is -0.0800. The molecule has 0 amide bonds. The van der Waals surface area contributed by atoms with E-state index in [1.54, 1.807) is 0 Å². The Labute approximate surface area is 118 Å². The van der Waals surface area contributed by atoms with Crippen LogP contribution in [0.4, 0.5) is 0 Å². The molecule has 0 radical (unpaired) electrons. The Kier molecular flexibility index (Phi) is 4.19. The Bertz CT molecular complexity index is 300. The van der Waals surface area contributed by atoms with Crippen LogP contribution in [0.3, 0.4) is 0 Å². The molecule has 1 N–H and O–H groups in total. The maximum Gasteiger partial charge on any atom is 0.0685 e. The maximum absolute atomic E-state index is 6.12. The zero-order valence-corrected chi connectivity index (χ0v) is 12.8. The average molecular weight is 265 g/mol. The number of ether oxygens (including phenoxy) is 1. The molecule has 2 nitrogen and oxygen atoms in total. The number of hydrogen-bond acceptors (Lipinski definition) is 2. The van der Waals surface area contributed by atoms with Crippen LogP contribution in [-0.2, 0) is 4.74 Å². The highest BCUT2D eigenvalue weighted by Gasteiger charge is 2.46. The van der Waals surface area contributed by atoms with Gasteiger partial charge in [0.2, 0.25) is 0 Å². The fourth-order valence-electron chi connectivity index (χ4n) is 4.90. The first-order chi connectivity index (χ1) is 9.24. The first-order valence-corrected chi connectivity index (χ1v) is 8.61. The van der Waals surface area contributed by atoms with Crippen LogP contribution in [0, 0.1) is 17.8 Å². The van der Waals surface area contributed by atoms with Crippen molar-refractivity contribution in [2.45, 2.75) is 76.9 Å². The lowest BCUT2D eigenvalue weighted by Crippen LogP contribution is -2.52. The Balaban J connectivity index is 1.68. The van der Waals surface area contributed by atoms with Crippen molar-refractivity contribution >= 4 is 0 Å². The fourth-order valence-corrected chi connectivity index (χ4v) is 4.90. The van der Waals surface area contributed by atoms with Crippen LogP contribution in [0.5, 0.6) is 0 Å². The molecule has 1 aliphatic heterocycles. The van der Waals surface area contributed by atoms with Gasteiger partial charge in [-0.15, -0.1) is 0 Å². The number of nitrogens with one attached hydrogen (secondary N) is 1. The molecule has 4 unspecified atom stereocenters. The largest absolute Gasteiger partial charge is 0.375 e. The van der Waals surface area contributed by atoms with Crippen molar-refractivity contribution in [1.29, 1.82) is 0 Å². The predicted molar refractivity (Wildman–Crippen MR) is 79.2 cm³/mol. The molecule has 110 valence electrons. The van der Waals surface area contributed by atoms with Crippen LogP contribution >= 0.6 is 0 Å². The van der Waals surface area contributed by atoms with Crippen LogP contribution in [0.15, 0.2) is 0 Å². The third-order valence-electron chi connectivity index (χ3n) is 6.13. The van der Waals surface area contributed by atoms with Gasteiger partial charge in [-0.1, -0.05) is 26.7 Å². The second-order valence-corrected chi connectivity index (χ2v) is 7.29. The summed E-state index contributed by atoms with van der Waals surface area (Å²) in [6, 6.07) is 0.754. The summed E-state index contributed by atoms with van der Waals surface area (Å²) in [5.41, 5.74) is 0.304. The SMILES string of the molecule is CCNC(C1CCOC2(CCC2)C1)C1CCCC1C. The third-order valence-corrected chi connectivity index (χ3v) is 6.13. The molecular weight excluding hydrogens is 234 g/mol. The lowest BCUT2D eigenvalue weighted by Gasteiger charge is -2.50. The molecule has 19 heavy (non-hydrogen) atoms. The van der Waals surface area contributed by atoms with Gasteiger partial charge >= 0.3 is 0 Å². The van der Waals surface area contributed by atoms with Crippen LogP contribution < -0.4 is 5.32 Å². The predicted octanol–water partition coefficient (Wildman–Crippen LogP) is 3.75. The molecule has 2 heteroatoms. The normalized spacial score (nSPS) is 39.2. The number of hydrogen-bond donors (Lipinski definition) is 1. The minimum atomic E-state index is 0.304. The smallest absolute Gasteiger partial charge is 0.0685 e. The van der Waals surface area contributed by atoms with Crippen LogP contribution in [0.1, 0.15) is 65.2 Å². The van der Waals surface area contributed by atoms with Crippen molar-refractivity contribution in [3.05, 3.63) is 0 Å². The Morgan fingerprint density at radius 3 is 2.63 bits per heavy atom. The second-order valence-electron chi connectivity index (χ2n) is 7.29. The molecule has 1 spiro atoms. The summed E-state index contributed by atoms with van der Waals surface area (Å²) >= 11 is 0. The van der Waals surface area contributed by atoms with E-state index in [2.05, 4.69) is 19.2 Å². The molecule has 3 fully saturated rings. The van der Waals surface area contributed by atoms with Crippen LogP contribution in [0.25, 0.3) is 0 Å². The fraction of sp³-hybridized carbons (Fsp3) is 1.00. The summed E-state index contributed by atoms with van der Waals surface area (Å²) in [6.45, 7) is 6.87. The summed E-state index contributed by atoms with van der Waals surface area (Å²) < 4.78 is 6.12. The molecule has 2 saturated carbocycles. The van der Waals surface area contributed by atoms with Crippen molar-refractivity contribution in [3.8, 4) is 0 Å². The van der Waals surface area contributed by atoms with Gasteiger partial charge in [-0.2, -0.15) is 0 Å². The van der Waals surface area contributed by atoms with Crippen molar-refractivity contribution in [1.82, 2.24) is 5.32 Å². The zero-order valence-electron chi connectivity index (χ0n) is 12.8. The van der Waals surface area contributed by atoms with Gasteiger partial charge in [0.1, 0.15) is 0 Å². The van der Waals surface area contributed by atoms with Crippen molar-refractivity contribution in [3.63, 3.8) is 0 Å². The van der Waals surface area contributed by atoms with Gasteiger partial charge in [-0.05, 0) is 62.8 Å². The standard InChI is InChI=1S/C17H31NO/c1-3-18-16(15-7-4-6-13(15)2)14-8-11-19-17(12-14)9-5-10-17/h13-16,18H,3-12H2,1-2H3. The quantitative estimate of drug-likeness (QED) is 0.836. The van der Waals surface area contributed by atoms with E-state index < -0.39 is 0 Å². The summed E-state index contributed by atoms with van der Waals surface area (Å²) in [4.78, 5) is 0. The molecule has 0 bridgehead atoms. The molecule has 3 rings (SSSR count). The second kappa shape index (κ2) is 5.73. The first kappa shape index (κ1) is 13.9. The van der Waals surface area contributed by atoms with E-state index in [1.165, 1.54) is 51.4 Å². The zero-order chi connectivity index (χ0) is 13.3. The molecule has 2 aliphatic carbocycles. The summed E-state index contributed by atoms with van der Waals surface area (Å²) in [5, 5.41) is 3.86. The van der Waals surface area contributed by atoms with E-state index >= 15 is 0 Å². The van der Waals surface area contributed by atoms with E-state index in [1.807, 2.05) is 0 Å². The van der Waals surface area contributed by atoms with Gasteiger partial charge in [0.25, 0.3) is 0 Å². The van der Waals surface area contributed by atoms with E-state index in [0.29, 0.717) is 5.60 Å².